The van der Waals surface area contributed by atoms with E-state index in [4.69, 9.17) is 9.84 Å². The van der Waals surface area contributed by atoms with Gasteiger partial charge in [-0.2, -0.15) is 0 Å². The van der Waals surface area contributed by atoms with Crippen molar-refractivity contribution in [3.63, 3.8) is 0 Å². The van der Waals surface area contributed by atoms with E-state index < -0.39 is 11.9 Å². The maximum atomic E-state index is 12.4. The van der Waals surface area contributed by atoms with Gasteiger partial charge in [-0.25, -0.2) is 0 Å². The summed E-state index contributed by atoms with van der Waals surface area (Å²) in [6.45, 7) is 4.56. The fraction of sp³-hybridized carbons (Fsp3) is 0.533. The van der Waals surface area contributed by atoms with Gasteiger partial charge in [0.15, 0.2) is 0 Å². The minimum atomic E-state index is -0.897. The summed E-state index contributed by atoms with van der Waals surface area (Å²) < 4.78 is 5.31. The smallest absolute Gasteiger partial charge is 0.308 e. The Bertz CT molecular complexity index is 529. The van der Waals surface area contributed by atoms with Crippen molar-refractivity contribution < 1.29 is 19.4 Å². The van der Waals surface area contributed by atoms with Crippen molar-refractivity contribution >= 4 is 17.6 Å². The Morgan fingerprint density at radius 1 is 1.45 bits per heavy atom. The van der Waals surface area contributed by atoms with E-state index in [1.165, 1.54) is 0 Å². The molecule has 2 rings (SSSR count). The molecule has 1 fully saturated rings. The number of pyridine rings is 1. The SMILES string of the molecule is CCC(CNC(=O)c1ccncc1N1CCOCC1)C(=O)O. The number of aromatic nitrogens is 1. The van der Waals surface area contributed by atoms with Crippen molar-refractivity contribution in [1.29, 1.82) is 0 Å². The summed E-state index contributed by atoms with van der Waals surface area (Å²) in [4.78, 5) is 29.5. The number of carbonyl (C=O) groups is 2. The first kappa shape index (κ1) is 16.2. The number of anilines is 1. The number of hydrogen-bond donors (Lipinski definition) is 2. The first-order valence-electron chi connectivity index (χ1n) is 7.41. The highest BCUT2D eigenvalue weighted by Crippen LogP contribution is 2.20. The van der Waals surface area contributed by atoms with Crippen LogP contribution in [0.4, 0.5) is 5.69 Å². The van der Waals surface area contributed by atoms with E-state index in [2.05, 4.69) is 15.2 Å². The van der Waals surface area contributed by atoms with E-state index in [-0.39, 0.29) is 12.5 Å². The zero-order valence-electron chi connectivity index (χ0n) is 12.6. The van der Waals surface area contributed by atoms with Crippen LogP contribution in [0.25, 0.3) is 0 Å². The molecule has 2 N–H and O–H groups in total. The standard InChI is InChI=1S/C15H21N3O4/c1-2-11(15(20)21)9-17-14(19)12-3-4-16-10-13(12)18-5-7-22-8-6-18/h3-4,10-11H,2,5-9H2,1H3,(H,17,19)(H,20,21). The number of amides is 1. The highest BCUT2D eigenvalue weighted by Gasteiger charge is 2.21. The molecule has 1 aromatic heterocycles. The number of nitrogens with one attached hydrogen (secondary N) is 1. The van der Waals surface area contributed by atoms with Crippen molar-refractivity contribution in [2.24, 2.45) is 5.92 Å². The second-order valence-electron chi connectivity index (χ2n) is 5.15. The molecule has 0 aliphatic carbocycles. The third-order valence-electron chi connectivity index (χ3n) is 3.75. The van der Waals surface area contributed by atoms with Gasteiger partial charge in [-0.3, -0.25) is 14.6 Å². The van der Waals surface area contributed by atoms with Gasteiger partial charge in [-0.1, -0.05) is 6.92 Å². The van der Waals surface area contributed by atoms with Crippen LogP contribution in [0.5, 0.6) is 0 Å². The number of carboxylic acid groups (broad SMARTS) is 1. The van der Waals surface area contributed by atoms with E-state index in [9.17, 15) is 9.59 Å². The first-order valence-corrected chi connectivity index (χ1v) is 7.41. The van der Waals surface area contributed by atoms with Crippen LogP contribution in [-0.2, 0) is 9.53 Å². The van der Waals surface area contributed by atoms with E-state index in [1.54, 1.807) is 25.4 Å². The van der Waals surface area contributed by atoms with E-state index in [0.29, 0.717) is 38.3 Å². The van der Waals surface area contributed by atoms with Gasteiger partial charge in [-0.05, 0) is 12.5 Å². The molecule has 120 valence electrons. The zero-order valence-corrected chi connectivity index (χ0v) is 12.6. The van der Waals surface area contributed by atoms with E-state index in [1.807, 2.05) is 0 Å². The third-order valence-corrected chi connectivity index (χ3v) is 3.75. The number of rotatable bonds is 6. The van der Waals surface area contributed by atoms with Crippen molar-refractivity contribution in [3.8, 4) is 0 Å². The summed E-state index contributed by atoms with van der Waals surface area (Å²) in [7, 11) is 0. The Labute approximate surface area is 129 Å². The van der Waals surface area contributed by atoms with Crippen LogP contribution in [0.2, 0.25) is 0 Å². The molecular weight excluding hydrogens is 286 g/mol. The van der Waals surface area contributed by atoms with Gasteiger partial charge in [0, 0.05) is 25.8 Å². The van der Waals surface area contributed by atoms with E-state index >= 15 is 0 Å². The summed E-state index contributed by atoms with van der Waals surface area (Å²) in [5, 5.41) is 11.7. The highest BCUT2D eigenvalue weighted by molar-refractivity contribution is 5.99. The molecule has 7 nitrogen and oxygen atoms in total. The maximum absolute atomic E-state index is 12.4. The minimum Gasteiger partial charge on any atom is -0.481 e. The highest BCUT2D eigenvalue weighted by atomic mass is 16.5. The molecule has 0 bridgehead atoms. The molecule has 1 saturated heterocycles. The van der Waals surface area contributed by atoms with Crippen molar-refractivity contribution in [2.75, 3.05) is 37.7 Å². The Kier molecular flexibility index (Phi) is 5.71. The average molecular weight is 307 g/mol. The monoisotopic (exact) mass is 307 g/mol. The summed E-state index contributed by atoms with van der Waals surface area (Å²) in [6, 6.07) is 1.65. The topological polar surface area (TPSA) is 91.8 Å². The summed E-state index contributed by atoms with van der Waals surface area (Å²) in [5.41, 5.74) is 1.27. The van der Waals surface area contributed by atoms with Crippen LogP contribution in [0, 0.1) is 5.92 Å². The minimum absolute atomic E-state index is 0.121. The molecule has 1 aliphatic heterocycles. The molecule has 1 unspecified atom stereocenters. The van der Waals surface area contributed by atoms with Crippen LogP contribution >= 0.6 is 0 Å². The fourth-order valence-corrected chi connectivity index (χ4v) is 2.35. The van der Waals surface area contributed by atoms with Crippen LogP contribution in [0.3, 0.4) is 0 Å². The van der Waals surface area contributed by atoms with Crippen LogP contribution < -0.4 is 10.2 Å². The number of morpholine rings is 1. The van der Waals surface area contributed by atoms with Crippen LogP contribution in [0.15, 0.2) is 18.5 Å². The number of nitrogens with zero attached hydrogens (tertiary/aromatic N) is 2. The third kappa shape index (κ3) is 3.94. The molecule has 0 radical (unpaired) electrons. The predicted molar refractivity (Wildman–Crippen MR) is 81.0 cm³/mol. The molecule has 2 heterocycles. The van der Waals surface area contributed by atoms with Gasteiger partial charge in [-0.15, -0.1) is 0 Å². The molecule has 1 atom stereocenters. The lowest BCUT2D eigenvalue weighted by molar-refractivity contribution is -0.141. The quantitative estimate of drug-likeness (QED) is 0.806. The van der Waals surface area contributed by atoms with Crippen molar-refractivity contribution in [3.05, 3.63) is 24.0 Å². The Hall–Kier alpha value is -2.15. The molecule has 0 aromatic carbocycles. The predicted octanol–water partition coefficient (Wildman–Crippen LogP) is 0.759. The molecule has 1 aliphatic rings. The molecule has 7 heteroatoms. The maximum Gasteiger partial charge on any atom is 0.308 e. The zero-order chi connectivity index (χ0) is 15.9. The number of carbonyl (C=O) groups excluding carboxylic acids is 1. The second kappa shape index (κ2) is 7.74. The molecule has 1 aromatic rings. The van der Waals surface area contributed by atoms with Gasteiger partial charge >= 0.3 is 5.97 Å². The first-order chi connectivity index (χ1) is 10.6. The lowest BCUT2D eigenvalue weighted by atomic mass is 10.1. The Balaban J connectivity index is 2.07. The van der Waals surface area contributed by atoms with Gasteiger partial charge < -0.3 is 20.1 Å². The van der Waals surface area contributed by atoms with Crippen molar-refractivity contribution in [1.82, 2.24) is 10.3 Å². The Morgan fingerprint density at radius 3 is 2.82 bits per heavy atom. The second-order valence-corrected chi connectivity index (χ2v) is 5.15. The lowest BCUT2D eigenvalue weighted by Gasteiger charge is -2.29. The van der Waals surface area contributed by atoms with Crippen LogP contribution in [0.1, 0.15) is 23.7 Å². The molecule has 0 saturated carbocycles. The van der Waals surface area contributed by atoms with Gasteiger partial charge in [0.25, 0.3) is 5.91 Å². The Morgan fingerprint density at radius 2 is 2.18 bits per heavy atom. The van der Waals surface area contributed by atoms with Crippen molar-refractivity contribution in [2.45, 2.75) is 13.3 Å². The molecule has 0 spiro atoms. The number of carboxylic acids is 1. The van der Waals surface area contributed by atoms with Gasteiger partial charge in [0.05, 0.1) is 36.6 Å². The average Bonchev–Trinajstić information content (AvgIpc) is 2.55. The summed E-state index contributed by atoms with van der Waals surface area (Å²) in [6.07, 6.45) is 3.70. The number of aliphatic carboxylic acids is 1. The largest absolute Gasteiger partial charge is 0.481 e. The van der Waals surface area contributed by atoms with E-state index in [0.717, 1.165) is 5.69 Å². The lowest BCUT2D eigenvalue weighted by Crippen LogP contribution is -2.38. The normalized spacial score (nSPS) is 16.1. The van der Waals surface area contributed by atoms with Gasteiger partial charge in [0.1, 0.15) is 0 Å². The molecular formula is C15H21N3O4. The summed E-state index contributed by atoms with van der Waals surface area (Å²) in [5.74, 6) is -1.74. The molecule has 22 heavy (non-hydrogen) atoms. The van der Waals surface area contributed by atoms with Crippen LogP contribution in [-0.4, -0.2) is 54.8 Å². The van der Waals surface area contributed by atoms with Gasteiger partial charge in [0.2, 0.25) is 0 Å². The number of ether oxygens (including phenoxy) is 1. The molecule has 1 amide bonds. The fourth-order valence-electron chi connectivity index (χ4n) is 2.35. The number of hydrogen-bond acceptors (Lipinski definition) is 5. The summed E-state index contributed by atoms with van der Waals surface area (Å²) >= 11 is 0.